The molecule has 10 nitrogen and oxygen atoms in total. The zero-order chi connectivity index (χ0) is 25.8. The number of nitrogens with zero attached hydrogens (tertiary/aromatic N) is 4. The number of nitrogens with one attached hydrogen (secondary N) is 1. The Labute approximate surface area is 214 Å². The fourth-order valence-electron chi connectivity index (χ4n) is 4.25. The number of benzene rings is 2. The molecule has 37 heavy (non-hydrogen) atoms. The van der Waals surface area contributed by atoms with Gasteiger partial charge in [0, 0.05) is 31.9 Å². The van der Waals surface area contributed by atoms with Gasteiger partial charge in [0.25, 0.3) is 11.8 Å². The van der Waals surface area contributed by atoms with Gasteiger partial charge in [-0.1, -0.05) is 42.2 Å². The molecule has 1 saturated heterocycles. The highest BCUT2D eigenvalue weighted by atomic mass is 16.5. The molecular formula is C27H27N5O5. The van der Waals surface area contributed by atoms with E-state index in [1.807, 2.05) is 30.3 Å². The lowest BCUT2D eigenvalue weighted by Gasteiger charge is -2.26. The van der Waals surface area contributed by atoms with Crippen LogP contribution in [0.3, 0.4) is 0 Å². The lowest BCUT2D eigenvalue weighted by molar-refractivity contribution is -0.124. The van der Waals surface area contributed by atoms with E-state index in [-0.39, 0.29) is 18.3 Å². The molecule has 2 N–H and O–H groups in total. The summed E-state index contributed by atoms with van der Waals surface area (Å²) < 4.78 is 11.1. The van der Waals surface area contributed by atoms with E-state index in [1.165, 1.54) is 4.90 Å². The van der Waals surface area contributed by atoms with Gasteiger partial charge >= 0.3 is 0 Å². The number of carbonyl (C=O) groups excluding carboxylic acids is 2. The minimum absolute atomic E-state index is 0.0510. The third-order valence-corrected chi connectivity index (χ3v) is 6.44. The number of ether oxygens (including phenoxy) is 2. The lowest BCUT2D eigenvalue weighted by Crippen LogP contribution is -2.50. The summed E-state index contributed by atoms with van der Waals surface area (Å²) in [6.07, 6.45) is 0.952. The summed E-state index contributed by atoms with van der Waals surface area (Å²) in [5.74, 6) is 5.43. The summed E-state index contributed by atoms with van der Waals surface area (Å²) in [5, 5.41) is 21.3. The van der Waals surface area contributed by atoms with E-state index in [4.69, 9.17) is 9.47 Å². The first-order chi connectivity index (χ1) is 17.9. The number of hydrogen-bond donors (Lipinski definition) is 2. The molecule has 3 aliphatic heterocycles. The summed E-state index contributed by atoms with van der Waals surface area (Å²) in [7, 11) is 1.61. The van der Waals surface area contributed by atoms with Crippen molar-refractivity contribution in [3.05, 3.63) is 59.7 Å². The van der Waals surface area contributed by atoms with Gasteiger partial charge in [0.2, 0.25) is 5.84 Å². The van der Waals surface area contributed by atoms with E-state index < -0.39 is 23.7 Å². The molecule has 2 aromatic carbocycles. The number of rotatable bonds is 4. The van der Waals surface area contributed by atoms with E-state index in [2.05, 4.69) is 32.4 Å². The van der Waals surface area contributed by atoms with E-state index in [9.17, 15) is 14.7 Å². The number of aliphatic imine (C=N–C) groups is 1. The quantitative estimate of drug-likeness (QED) is 0.619. The highest BCUT2D eigenvalue weighted by molar-refractivity contribution is 6.38. The Kier molecular flexibility index (Phi) is 6.99. The number of hydrogen-bond acceptors (Lipinski definition) is 8. The largest absolute Gasteiger partial charge is 0.489 e. The number of amides is 2. The third kappa shape index (κ3) is 5.69. The smallest absolute Gasteiger partial charge is 0.291 e. The van der Waals surface area contributed by atoms with Crippen molar-refractivity contribution in [3.63, 3.8) is 0 Å². The summed E-state index contributed by atoms with van der Waals surface area (Å²) in [5.41, 5.74) is 1.11. The first-order valence-electron chi connectivity index (χ1n) is 12.1. The first-order valence-corrected chi connectivity index (χ1v) is 12.1. The Morgan fingerprint density at radius 3 is 2.78 bits per heavy atom. The maximum Gasteiger partial charge on any atom is 0.291 e. The summed E-state index contributed by atoms with van der Waals surface area (Å²) in [6, 6.07) is 14.0. The molecule has 10 heteroatoms. The number of aliphatic hydroxyl groups is 1. The SMILES string of the molecule is CN1C(=O)[C@@H](NC(=O)C2=NC(Cc3ccccc3)N=N2)COc2ccc(C#CC3(O)CCOCC3)cc21. The number of likely N-dealkylation sites (N-methyl/N-ethyl adjacent to an activating group) is 1. The van der Waals surface area contributed by atoms with Gasteiger partial charge < -0.3 is 24.8 Å². The standard InChI is InChI=1S/C27H27N5O5/c1-32-21-15-19(9-10-27(35)11-13-36-14-12-27)7-8-22(21)37-17-20(26(32)34)28-25(33)24-29-23(30-31-24)16-18-5-3-2-4-6-18/h2-8,15,20,23,35H,11-14,16-17H2,1H3,(H,28,33)/t20-,23?/m0/s1. The van der Waals surface area contributed by atoms with Crippen molar-refractivity contribution in [1.29, 1.82) is 0 Å². The zero-order valence-corrected chi connectivity index (χ0v) is 20.4. The van der Waals surface area contributed by atoms with E-state index >= 15 is 0 Å². The van der Waals surface area contributed by atoms with Crippen LogP contribution >= 0.6 is 0 Å². The van der Waals surface area contributed by atoms with Crippen molar-refractivity contribution >= 4 is 23.3 Å². The number of fused-ring (bicyclic) bond motifs is 1. The average molecular weight is 502 g/mol. The van der Waals surface area contributed by atoms with Crippen LogP contribution in [-0.2, 0) is 20.7 Å². The van der Waals surface area contributed by atoms with E-state index in [0.29, 0.717) is 49.5 Å². The zero-order valence-electron chi connectivity index (χ0n) is 20.4. The molecule has 2 amide bonds. The molecule has 190 valence electrons. The molecule has 0 bridgehead atoms. The van der Waals surface area contributed by atoms with Crippen LogP contribution in [0.4, 0.5) is 5.69 Å². The molecule has 0 radical (unpaired) electrons. The Balaban J connectivity index is 1.25. The van der Waals surface area contributed by atoms with Crippen molar-refractivity contribution in [2.45, 2.75) is 37.1 Å². The second-order valence-electron chi connectivity index (χ2n) is 9.15. The Bertz CT molecular complexity index is 1310. The third-order valence-electron chi connectivity index (χ3n) is 6.44. The second kappa shape index (κ2) is 10.5. The fourth-order valence-corrected chi connectivity index (χ4v) is 4.25. The van der Waals surface area contributed by atoms with Gasteiger partial charge in [0.15, 0.2) is 6.17 Å². The molecule has 5 rings (SSSR count). The summed E-state index contributed by atoms with van der Waals surface area (Å²) >= 11 is 0. The number of azo groups is 1. The van der Waals surface area contributed by atoms with Crippen molar-refractivity contribution in [3.8, 4) is 17.6 Å². The van der Waals surface area contributed by atoms with Crippen molar-refractivity contribution in [2.24, 2.45) is 15.2 Å². The maximum absolute atomic E-state index is 13.2. The van der Waals surface area contributed by atoms with Crippen LogP contribution < -0.4 is 15.0 Å². The van der Waals surface area contributed by atoms with Crippen LogP contribution in [-0.4, -0.2) is 67.4 Å². The minimum Gasteiger partial charge on any atom is -0.489 e. The van der Waals surface area contributed by atoms with Gasteiger partial charge in [-0.15, -0.1) is 5.11 Å². The van der Waals surface area contributed by atoms with Gasteiger partial charge in [-0.05, 0) is 23.8 Å². The van der Waals surface area contributed by atoms with E-state index in [0.717, 1.165) is 5.56 Å². The van der Waals surface area contributed by atoms with Crippen LogP contribution in [0.15, 0.2) is 63.8 Å². The minimum atomic E-state index is -1.08. The Morgan fingerprint density at radius 1 is 1.22 bits per heavy atom. The second-order valence-corrected chi connectivity index (χ2v) is 9.15. The molecule has 1 fully saturated rings. The average Bonchev–Trinajstić information content (AvgIpc) is 3.35. The number of amidine groups is 1. The topological polar surface area (TPSA) is 125 Å². The van der Waals surface area contributed by atoms with Crippen molar-refractivity contribution in [2.75, 3.05) is 31.8 Å². The van der Waals surface area contributed by atoms with Crippen molar-refractivity contribution < 1.29 is 24.2 Å². The number of carbonyl (C=O) groups is 2. The molecule has 3 aliphatic rings. The van der Waals surface area contributed by atoms with Crippen LogP contribution in [0.5, 0.6) is 5.75 Å². The molecule has 1 unspecified atom stereocenters. The molecule has 0 aliphatic carbocycles. The molecule has 0 saturated carbocycles. The molecule has 2 aromatic rings. The first kappa shape index (κ1) is 24.6. The predicted molar refractivity (Wildman–Crippen MR) is 135 cm³/mol. The van der Waals surface area contributed by atoms with E-state index in [1.54, 1.807) is 25.2 Å². The summed E-state index contributed by atoms with van der Waals surface area (Å²) in [6.45, 7) is 0.884. The number of anilines is 1. The highest BCUT2D eigenvalue weighted by Crippen LogP contribution is 2.31. The predicted octanol–water partition coefficient (Wildman–Crippen LogP) is 1.85. The molecule has 0 spiro atoms. The van der Waals surface area contributed by atoms with Gasteiger partial charge in [0.05, 0.1) is 18.9 Å². The normalized spacial score (nSPS) is 22.2. The van der Waals surface area contributed by atoms with Crippen LogP contribution in [0.25, 0.3) is 0 Å². The van der Waals surface area contributed by atoms with Gasteiger partial charge in [-0.25, -0.2) is 4.99 Å². The molecular weight excluding hydrogens is 474 g/mol. The highest BCUT2D eigenvalue weighted by Gasteiger charge is 2.33. The molecule has 3 heterocycles. The maximum atomic E-state index is 13.2. The lowest BCUT2D eigenvalue weighted by atomic mass is 9.95. The van der Waals surface area contributed by atoms with Gasteiger partial charge in [0.1, 0.15) is 24.0 Å². The fraction of sp³-hybridized carbons (Fsp3) is 0.370. The monoisotopic (exact) mass is 501 g/mol. The van der Waals surface area contributed by atoms with Gasteiger partial charge in [-0.3, -0.25) is 9.59 Å². The Morgan fingerprint density at radius 2 is 2.00 bits per heavy atom. The van der Waals surface area contributed by atoms with Crippen LogP contribution in [0, 0.1) is 11.8 Å². The molecule has 0 aromatic heterocycles. The Hall–Kier alpha value is -4.07. The van der Waals surface area contributed by atoms with Crippen LogP contribution in [0.1, 0.15) is 24.0 Å². The summed E-state index contributed by atoms with van der Waals surface area (Å²) in [4.78, 5) is 31.7. The molecule has 2 atom stereocenters. The van der Waals surface area contributed by atoms with Crippen LogP contribution in [0.2, 0.25) is 0 Å². The van der Waals surface area contributed by atoms with Crippen molar-refractivity contribution in [1.82, 2.24) is 5.32 Å². The van der Waals surface area contributed by atoms with Gasteiger partial charge in [-0.2, -0.15) is 5.11 Å².